The molecule has 0 fully saturated rings. The molecule has 3 aromatic heterocycles. The zero-order chi connectivity index (χ0) is 16.8. The molecule has 24 heavy (non-hydrogen) atoms. The molecule has 0 unspecified atom stereocenters. The number of aromatic nitrogens is 4. The molecule has 0 saturated carbocycles. The molecular formula is C17H16FN5O. The zero-order valence-electron chi connectivity index (χ0n) is 13.4. The van der Waals surface area contributed by atoms with Crippen molar-refractivity contribution < 1.29 is 9.18 Å². The SMILES string of the molecule is Cc1c(F)cnc2nc(C(=O)N3CCc4ncccc4[C@H]3C)[nH]c12. The van der Waals surface area contributed by atoms with E-state index in [0.717, 1.165) is 17.5 Å². The van der Waals surface area contributed by atoms with Gasteiger partial charge in [0.25, 0.3) is 5.91 Å². The fourth-order valence-corrected chi connectivity index (χ4v) is 3.20. The Hall–Kier alpha value is -2.83. The monoisotopic (exact) mass is 325 g/mol. The minimum atomic E-state index is -0.420. The van der Waals surface area contributed by atoms with Gasteiger partial charge in [-0.3, -0.25) is 9.78 Å². The van der Waals surface area contributed by atoms with E-state index >= 15 is 0 Å². The van der Waals surface area contributed by atoms with Gasteiger partial charge in [0.15, 0.2) is 11.5 Å². The van der Waals surface area contributed by atoms with Crippen LogP contribution in [0.15, 0.2) is 24.5 Å². The molecule has 0 aliphatic carbocycles. The maximum atomic E-state index is 13.6. The average Bonchev–Trinajstić information content (AvgIpc) is 3.03. The summed E-state index contributed by atoms with van der Waals surface area (Å²) in [5.41, 5.74) is 3.30. The molecule has 1 aliphatic heterocycles. The highest BCUT2D eigenvalue weighted by Gasteiger charge is 2.30. The number of imidazole rings is 1. The van der Waals surface area contributed by atoms with Crippen LogP contribution in [0.1, 0.15) is 40.4 Å². The van der Waals surface area contributed by atoms with Gasteiger partial charge < -0.3 is 9.88 Å². The summed E-state index contributed by atoms with van der Waals surface area (Å²) < 4.78 is 13.6. The van der Waals surface area contributed by atoms with Crippen molar-refractivity contribution in [2.45, 2.75) is 26.3 Å². The van der Waals surface area contributed by atoms with Crippen LogP contribution in [0.3, 0.4) is 0 Å². The normalized spacial score (nSPS) is 17.1. The number of aromatic amines is 1. The number of hydrogen-bond donors (Lipinski definition) is 1. The van der Waals surface area contributed by atoms with E-state index in [0.29, 0.717) is 29.7 Å². The lowest BCUT2D eigenvalue weighted by Crippen LogP contribution is -2.39. The van der Waals surface area contributed by atoms with Crippen LogP contribution in [0.4, 0.5) is 4.39 Å². The Balaban J connectivity index is 1.71. The van der Waals surface area contributed by atoms with Crippen molar-refractivity contribution in [2.24, 2.45) is 0 Å². The van der Waals surface area contributed by atoms with Crippen molar-refractivity contribution in [3.05, 3.63) is 53.0 Å². The largest absolute Gasteiger partial charge is 0.332 e. The molecule has 6 nitrogen and oxygen atoms in total. The molecule has 4 heterocycles. The lowest BCUT2D eigenvalue weighted by Gasteiger charge is -2.34. The number of pyridine rings is 2. The fraction of sp³-hybridized carbons (Fsp3) is 0.294. The number of H-pyrrole nitrogens is 1. The quantitative estimate of drug-likeness (QED) is 0.746. The Morgan fingerprint density at radius 3 is 3.08 bits per heavy atom. The molecule has 1 amide bonds. The van der Waals surface area contributed by atoms with E-state index in [1.165, 1.54) is 0 Å². The van der Waals surface area contributed by atoms with E-state index in [2.05, 4.69) is 19.9 Å². The number of nitrogens with zero attached hydrogens (tertiary/aromatic N) is 4. The Bertz CT molecular complexity index is 951. The van der Waals surface area contributed by atoms with Gasteiger partial charge in [0.05, 0.1) is 17.8 Å². The molecule has 4 rings (SSSR count). The summed E-state index contributed by atoms with van der Waals surface area (Å²) in [5.74, 6) is -0.448. The number of carbonyl (C=O) groups is 1. The summed E-state index contributed by atoms with van der Waals surface area (Å²) in [5, 5.41) is 0. The Labute approximate surface area is 137 Å². The zero-order valence-corrected chi connectivity index (χ0v) is 13.4. The number of hydrogen-bond acceptors (Lipinski definition) is 4. The van der Waals surface area contributed by atoms with Crippen molar-refractivity contribution in [3.8, 4) is 0 Å². The summed E-state index contributed by atoms with van der Waals surface area (Å²) in [6.45, 7) is 4.18. The second-order valence-electron chi connectivity index (χ2n) is 5.98. The number of fused-ring (bicyclic) bond motifs is 2. The molecule has 1 N–H and O–H groups in total. The minimum absolute atomic E-state index is 0.0889. The minimum Gasteiger partial charge on any atom is -0.332 e. The Morgan fingerprint density at radius 2 is 2.25 bits per heavy atom. The maximum absolute atomic E-state index is 13.6. The fourth-order valence-electron chi connectivity index (χ4n) is 3.20. The van der Waals surface area contributed by atoms with Crippen molar-refractivity contribution in [1.29, 1.82) is 0 Å². The standard InChI is InChI=1S/C17H16FN5O/c1-9-12(18)8-20-15-14(9)21-16(22-15)17(24)23-7-5-13-11(10(23)2)4-3-6-19-13/h3-4,6,8,10H,5,7H2,1-2H3,(H,20,21,22)/t10-/m1/s1. The lowest BCUT2D eigenvalue weighted by molar-refractivity contribution is 0.0665. The van der Waals surface area contributed by atoms with E-state index in [4.69, 9.17) is 0 Å². The molecule has 3 aromatic rings. The summed E-state index contributed by atoms with van der Waals surface area (Å²) in [7, 11) is 0. The van der Waals surface area contributed by atoms with Gasteiger partial charge in [-0.25, -0.2) is 14.4 Å². The second kappa shape index (κ2) is 5.36. The van der Waals surface area contributed by atoms with Crippen molar-refractivity contribution in [2.75, 3.05) is 6.54 Å². The van der Waals surface area contributed by atoms with Crippen LogP contribution in [0.2, 0.25) is 0 Å². The van der Waals surface area contributed by atoms with E-state index < -0.39 is 5.82 Å². The summed E-state index contributed by atoms with van der Waals surface area (Å²) >= 11 is 0. The molecule has 0 radical (unpaired) electrons. The molecule has 0 spiro atoms. The number of carbonyl (C=O) groups excluding carboxylic acids is 1. The molecule has 7 heteroatoms. The smallest absolute Gasteiger partial charge is 0.290 e. The van der Waals surface area contributed by atoms with Crippen LogP contribution in [0, 0.1) is 12.7 Å². The number of amides is 1. The van der Waals surface area contributed by atoms with E-state index in [-0.39, 0.29) is 17.8 Å². The van der Waals surface area contributed by atoms with Crippen molar-refractivity contribution in [1.82, 2.24) is 24.8 Å². The highest BCUT2D eigenvalue weighted by molar-refractivity contribution is 5.94. The lowest BCUT2D eigenvalue weighted by atomic mass is 9.98. The summed E-state index contributed by atoms with van der Waals surface area (Å²) in [6.07, 6.45) is 3.60. The predicted molar refractivity (Wildman–Crippen MR) is 86.0 cm³/mol. The average molecular weight is 325 g/mol. The molecule has 0 saturated heterocycles. The second-order valence-corrected chi connectivity index (χ2v) is 5.98. The first-order valence-corrected chi connectivity index (χ1v) is 7.82. The van der Waals surface area contributed by atoms with Gasteiger partial charge in [0.1, 0.15) is 5.82 Å². The first-order valence-electron chi connectivity index (χ1n) is 7.82. The van der Waals surface area contributed by atoms with Gasteiger partial charge in [-0.2, -0.15) is 0 Å². The summed E-state index contributed by atoms with van der Waals surface area (Å²) in [6, 6.07) is 3.78. The number of nitrogens with one attached hydrogen (secondary N) is 1. The van der Waals surface area contributed by atoms with Crippen LogP contribution in [-0.4, -0.2) is 37.3 Å². The maximum Gasteiger partial charge on any atom is 0.290 e. The van der Waals surface area contributed by atoms with Gasteiger partial charge in [0.2, 0.25) is 0 Å². The Morgan fingerprint density at radius 1 is 1.42 bits per heavy atom. The van der Waals surface area contributed by atoms with Gasteiger partial charge in [-0.05, 0) is 25.5 Å². The van der Waals surface area contributed by atoms with Crippen LogP contribution < -0.4 is 0 Å². The molecule has 0 aromatic carbocycles. The molecule has 1 aliphatic rings. The van der Waals surface area contributed by atoms with Crippen LogP contribution in [-0.2, 0) is 6.42 Å². The number of rotatable bonds is 1. The molecular weight excluding hydrogens is 309 g/mol. The first-order chi connectivity index (χ1) is 11.6. The number of halogens is 1. The Kier molecular flexibility index (Phi) is 3.30. The van der Waals surface area contributed by atoms with Gasteiger partial charge in [-0.1, -0.05) is 6.07 Å². The predicted octanol–water partition coefficient (Wildman–Crippen LogP) is 2.56. The van der Waals surface area contributed by atoms with Gasteiger partial charge in [0, 0.05) is 30.4 Å². The topological polar surface area (TPSA) is 74.8 Å². The number of aryl methyl sites for hydroxylation is 1. The van der Waals surface area contributed by atoms with Crippen molar-refractivity contribution in [3.63, 3.8) is 0 Å². The van der Waals surface area contributed by atoms with Crippen LogP contribution in [0.25, 0.3) is 11.2 Å². The van der Waals surface area contributed by atoms with E-state index in [9.17, 15) is 9.18 Å². The molecule has 0 bridgehead atoms. The third kappa shape index (κ3) is 2.16. The van der Waals surface area contributed by atoms with Crippen LogP contribution in [0.5, 0.6) is 0 Å². The first kappa shape index (κ1) is 14.7. The summed E-state index contributed by atoms with van der Waals surface area (Å²) in [4.78, 5) is 30.1. The third-order valence-electron chi connectivity index (χ3n) is 4.61. The van der Waals surface area contributed by atoms with Crippen molar-refractivity contribution >= 4 is 17.1 Å². The van der Waals surface area contributed by atoms with Gasteiger partial charge >= 0.3 is 0 Å². The highest BCUT2D eigenvalue weighted by atomic mass is 19.1. The van der Waals surface area contributed by atoms with Gasteiger partial charge in [-0.15, -0.1) is 0 Å². The highest BCUT2D eigenvalue weighted by Crippen LogP contribution is 2.29. The van der Waals surface area contributed by atoms with Crippen LogP contribution >= 0.6 is 0 Å². The molecule has 1 atom stereocenters. The van der Waals surface area contributed by atoms with E-state index in [1.54, 1.807) is 18.0 Å². The molecule has 122 valence electrons. The van der Waals surface area contributed by atoms with E-state index in [1.807, 2.05) is 19.1 Å². The third-order valence-corrected chi connectivity index (χ3v) is 4.61.